The Bertz CT molecular complexity index is 2600. The molecule has 0 aliphatic heterocycles. The molecule has 0 N–H and O–H groups in total. The van der Waals surface area contributed by atoms with Gasteiger partial charge in [-0.15, -0.1) is 0 Å². The van der Waals surface area contributed by atoms with E-state index in [1.165, 1.54) is 43.8 Å². The summed E-state index contributed by atoms with van der Waals surface area (Å²) in [4.78, 5) is 9.78. The second-order valence-electron chi connectivity index (χ2n) is 12.1. The van der Waals surface area contributed by atoms with Crippen LogP contribution in [-0.4, -0.2) is 19.1 Å². The van der Waals surface area contributed by atoms with Gasteiger partial charge in [0.05, 0.1) is 22.1 Å². The summed E-state index contributed by atoms with van der Waals surface area (Å²) < 4.78 is 4.33. The number of hydrogen-bond donors (Lipinski definition) is 0. The molecule has 0 atom stereocenters. The molecule has 4 heteroatoms. The van der Waals surface area contributed by atoms with Gasteiger partial charge in [-0.25, -0.2) is 9.97 Å². The summed E-state index contributed by atoms with van der Waals surface area (Å²) in [6, 6.07) is 52.1. The van der Waals surface area contributed by atoms with Gasteiger partial charge in [-0.3, -0.25) is 0 Å². The van der Waals surface area contributed by atoms with Crippen molar-refractivity contribution in [1.29, 1.82) is 0 Å². The highest BCUT2D eigenvalue weighted by atomic mass is 15.1. The molecule has 218 valence electrons. The van der Waals surface area contributed by atoms with E-state index in [2.05, 4.69) is 157 Å². The van der Waals surface area contributed by atoms with E-state index in [4.69, 9.17) is 9.97 Å². The van der Waals surface area contributed by atoms with Crippen molar-refractivity contribution >= 4 is 43.6 Å². The molecule has 4 nitrogen and oxygen atoms in total. The van der Waals surface area contributed by atoms with Crippen LogP contribution in [0.3, 0.4) is 0 Å². The number of imidazole rings is 2. The average molecular weight is 591 g/mol. The van der Waals surface area contributed by atoms with E-state index in [-0.39, 0.29) is 0 Å². The lowest BCUT2D eigenvalue weighted by molar-refractivity contribution is 0.959. The Morgan fingerprint density at radius 2 is 0.913 bits per heavy atom. The second-order valence-corrected chi connectivity index (χ2v) is 12.1. The Hall–Kier alpha value is -6.00. The van der Waals surface area contributed by atoms with E-state index in [0.29, 0.717) is 0 Å². The van der Waals surface area contributed by atoms with Crippen molar-refractivity contribution in [3.05, 3.63) is 146 Å². The number of rotatable bonds is 4. The minimum absolute atomic E-state index is 0.979. The van der Waals surface area contributed by atoms with Crippen LogP contribution in [0.15, 0.2) is 146 Å². The Kier molecular flexibility index (Phi) is 5.90. The highest BCUT2D eigenvalue weighted by molar-refractivity contribution is 6.01. The van der Waals surface area contributed by atoms with Gasteiger partial charge in [0, 0.05) is 25.2 Å². The Balaban J connectivity index is 1.04. The zero-order valence-electron chi connectivity index (χ0n) is 25.6. The van der Waals surface area contributed by atoms with E-state index in [0.717, 1.165) is 44.8 Å². The molecule has 0 fully saturated rings. The largest absolute Gasteiger partial charge is 0.327 e. The van der Waals surface area contributed by atoms with Crippen molar-refractivity contribution in [2.45, 2.75) is 0 Å². The average Bonchev–Trinajstić information content (AvgIpc) is 3.63. The van der Waals surface area contributed by atoms with E-state index in [1.54, 1.807) is 0 Å². The third-order valence-corrected chi connectivity index (χ3v) is 9.34. The van der Waals surface area contributed by atoms with Crippen LogP contribution in [0.2, 0.25) is 0 Å². The number of aromatic nitrogens is 4. The summed E-state index contributed by atoms with van der Waals surface area (Å²) in [6.45, 7) is 0. The molecular formula is C42H30N4. The SMILES string of the molecule is Cn1c(-c2ccc(-c3ccc4c(-c5ccc6cc(-c7nc8ccccc8n7C)ccc6c5)cccc4c3)cc2)nc2ccccc21. The summed E-state index contributed by atoms with van der Waals surface area (Å²) in [5.74, 6) is 1.96. The van der Waals surface area contributed by atoms with Crippen LogP contribution in [-0.2, 0) is 14.1 Å². The van der Waals surface area contributed by atoms with Crippen LogP contribution in [0.1, 0.15) is 0 Å². The maximum absolute atomic E-state index is 4.91. The van der Waals surface area contributed by atoms with Gasteiger partial charge in [0.2, 0.25) is 0 Å². The molecule has 0 saturated heterocycles. The second kappa shape index (κ2) is 10.3. The van der Waals surface area contributed by atoms with Gasteiger partial charge in [0.25, 0.3) is 0 Å². The number of nitrogens with zero attached hydrogens (tertiary/aromatic N) is 4. The number of aryl methyl sites for hydroxylation is 2. The van der Waals surface area contributed by atoms with Gasteiger partial charge in [-0.1, -0.05) is 103 Å². The minimum Gasteiger partial charge on any atom is -0.327 e. The predicted octanol–water partition coefficient (Wildman–Crippen LogP) is 10.4. The third-order valence-electron chi connectivity index (χ3n) is 9.34. The Labute approximate surface area is 266 Å². The first-order valence-electron chi connectivity index (χ1n) is 15.6. The summed E-state index contributed by atoms with van der Waals surface area (Å²) in [5.41, 5.74) is 11.4. The molecule has 0 saturated carbocycles. The van der Waals surface area contributed by atoms with Crippen molar-refractivity contribution < 1.29 is 0 Å². The van der Waals surface area contributed by atoms with Crippen LogP contribution in [0, 0.1) is 0 Å². The van der Waals surface area contributed by atoms with E-state index >= 15 is 0 Å². The molecule has 2 aromatic heterocycles. The first-order valence-corrected chi connectivity index (χ1v) is 15.6. The lowest BCUT2D eigenvalue weighted by atomic mass is 9.93. The molecule has 0 radical (unpaired) electrons. The maximum Gasteiger partial charge on any atom is 0.140 e. The van der Waals surface area contributed by atoms with Crippen LogP contribution >= 0.6 is 0 Å². The quantitative estimate of drug-likeness (QED) is 0.204. The molecular weight excluding hydrogens is 560 g/mol. The predicted molar refractivity (Wildman–Crippen MR) is 192 cm³/mol. The lowest BCUT2D eigenvalue weighted by Crippen LogP contribution is -1.92. The first kappa shape index (κ1) is 26.4. The first-order chi connectivity index (χ1) is 22.6. The van der Waals surface area contributed by atoms with Crippen LogP contribution in [0.25, 0.3) is 88.6 Å². The zero-order chi connectivity index (χ0) is 30.8. The fourth-order valence-electron chi connectivity index (χ4n) is 6.89. The van der Waals surface area contributed by atoms with Crippen LogP contribution in [0.4, 0.5) is 0 Å². The van der Waals surface area contributed by atoms with E-state index in [9.17, 15) is 0 Å². The number of benzene rings is 7. The van der Waals surface area contributed by atoms with Crippen molar-refractivity contribution in [1.82, 2.24) is 19.1 Å². The van der Waals surface area contributed by atoms with Gasteiger partial charge >= 0.3 is 0 Å². The van der Waals surface area contributed by atoms with Crippen LogP contribution < -0.4 is 0 Å². The molecule has 2 heterocycles. The molecule has 7 aromatic carbocycles. The molecule has 0 aliphatic rings. The molecule has 0 spiro atoms. The van der Waals surface area contributed by atoms with E-state index < -0.39 is 0 Å². The standard InChI is InChI=1S/C42H30N4/c1-45-39-12-5-3-10-37(39)43-41(45)28-16-14-27(15-17-28)29-22-23-36-32(24-29)8-7-9-35(36)33-20-18-31-26-34(21-19-30(31)25-33)42-44-38-11-4-6-13-40(38)46(42)2/h3-26H,1-2H3. The van der Waals surface area contributed by atoms with Crippen molar-refractivity contribution in [3.63, 3.8) is 0 Å². The summed E-state index contributed by atoms with van der Waals surface area (Å²) in [5, 5.41) is 4.90. The van der Waals surface area contributed by atoms with Crippen molar-refractivity contribution in [2.24, 2.45) is 14.1 Å². The molecule has 0 unspecified atom stereocenters. The fraction of sp³-hybridized carbons (Fsp3) is 0.0476. The molecule has 0 aliphatic carbocycles. The summed E-state index contributed by atoms with van der Waals surface area (Å²) >= 11 is 0. The molecule has 0 bridgehead atoms. The highest BCUT2D eigenvalue weighted by Crippen LogP contribution is 2.35. The highest BCUT2D eigenvalue weighted by Gasteiger charge is 2.13. The number of para-hydroxylation sites is 4. The molecule has 9 aromatic rings. The topological polar surface area (TPSA) is 35.6 Å². The van der Waals surface area contributed by atoms with E-state index in [1.807, 2.05) is 12.1 Å². The van der Waals surface area contributed by atoms with Gasteiger partial charge in [0.1, 0.15) is 11.6 Å². The lowest BCUT2D eigenvalue weighted by Gasteiger charge is -2.11. The normalized spacial score (nSPS) is 11.7. The number of fused-ring (bicyclic) bond motifs is 4. The van der Waals surface area contributed by atoms with Gasteiger partial charge in [-0.05, 0) is 86.3 Å². The zero-order valence-corrected chi connectivity index (χ0v) is 25.6. The maximum atomic E-state index is 4.91. The van der Waals surface area contributed by atoms with Crippen LogP contribution in [0.5, 0.6) is 0 Å². The third kappa shape index (κ3) is 4.22. The Morgan fingerprint density at radius 1 is 0.391 bits per heavy atom. The van der Waals surface area contributed by atoms with Crippen molar-refractivity contribution in [3.8, 4) is 45.0 Å². The molecule has 0 amide bonds. The fourth-order valence-corrected chi connectivity index (χ4v) is 6.89. The number of hydrogen-bond acceptors (Lipinski definition) is 2. The summed E-state index contributed by atoms with van der Waals surface area (Å²) in [7, 11) is 4.17. The Morgan fingerprint density at radius 3 is 1.59 bits per heavy atom. The van der Waals surface area contributed by atoms with Crippen molar-refractivity contribution in [2.75, 3.05) is 0 Å². The smallest absolute Gasteiger partial charge is 0.140 e. The molecule has 9 rings (SSSR count). The van der Waals surface area contributed by atoms with Gasteiger partial charge in [0.15, 0.2) is 0 Å². The monoisotopic (exact) mass is 590 g/mol. The minimum atomic E-state index is 0.979. The van der Waals surface area contributed by atoms with Gasteiger partial charge in [-0.2, -0.15) is 0 Å². The van der Waals surface area contributed by atoms with Gasteiger partial charge < -0.3 is 9.13 Å². The summed E-state index contributed by atoms with van der Waals surface area (Å²) in [6.07, 6.45) is 0. The molecule has 46 heavy (non-hydrogen) atoms.